The number of hydrogen-bond donors (Lipinski definition) is 1. The second-order valence-electron chi connectivity index (χ2n) is 4.97. The Morgan fingerprint density at radius 2 is 2.05 bits per heavy atom. The van der Waals surface area contributed by atoms with E-state index in [0.717, 1.165) is 18.5 Å². The molecule has 0 radical (unpaired) electrons. The number of anilines is 1. The number of nitrogens with zero attached hydrogens (tertiary/aromatic N) is 1. The van der Waals surface area contributed by atoms with Crippen LogP contribution >= 0.6 is 0 Å². The van der Waals surface area contributed by atoms with Gasteiger partial charge in [0.2, 0.25) is 5.91 Å². The Bertz CT molecular complexity index is 485. The van der Waals surface area contributed by atoms with Gasteiger partial charge in [0.1, 0.15) is 6.10 Å². The molecule has 1 aliphatic heterocycles. The molecule has 3 rings (SSSR count). The zero-order valence-corrected chi connectivity index (χ0v) is 10.5. The molecule has 100 valence electrons. The maximum Gasteiger partial charge on any atom is 0.414 e. The van der Waals surface area contributed by atoms with E-state index in [4.69, 9.17) is 4.74 Å². The van der Waals surface area contributed by atoms with E-state index in [9.17, 15) is 9.59 Å². The highest BCUT2D eigenvalue weighted by Gasteiger charge is 2.34. The van der Waals surface area contributed by atoms with Crippen molar-refractivity contribution >= 4 is 17.7 Å². The van der Waals surface area contributed by atoms with Crippen LogP contribution in [-0.2, 0) is 9.53 Å². The van der Waals surface area contributed by atoms with Crippen LogP contribution in [0.1, 0.15) is 12.8 Å². The summed E-state index contributed by atoms with van der Waals surface area (Å²) in [6.45, 7) is 0.873. The molecular weight excluding hydrogens is 244 g/mol. The largest absolute Gasteiger partial charge is 0.442 e. The second-order valence-corrected chi connectivity index (χ2v) is 4.97. The Labute approximate surface area is 111 Å². The summed E-state index contributed by atoms with van der Waals surface area (Å²) in [6, 6.07) is 9.40. The first kappa shape index (κ1) is 12.0. The summed E-state index contributed by atoms with van der Waals surface area (Å²) >= 11 is 0. The lowest BCUT2D eigenvalue weighted by Gasteiger charge is -2.12. The topological polar surface area (TPSA) is 58.6 Å². The van der Waals surface area contributed by atoms with Crippen LogP contribution in [0.5, 0.6) is 0 Å². The third kappa shape index (κ3) is 2.70. The Balaban J connectivity index is 1.56. The van der Waals surface area contributed by atoms with E-state index in [0.29, 0.717) is 13.1 Å². The lowest BCUT2D eigenvalue weighted by molar-refractivity contribution is -0.122. The van der Waals surface area contributed by atoms with Crippen LogP contribution in [0.2, 0.25) is 0 Å². The maximum atomic E-state index is 11.8. The molecule has 2 fully saturated rings. The molecule has 2 aliphatic rings. The minimum absolute atomic E-state index is 0.0780. The highest BCUT2D eigenvalue weighted by atomic mass is 16.6. The minimum Gasteiger partial charge on any atom is -0.442 e. The maximum absolute atomic E-state index is 11.8. The predicted molar refractivity (Wildman–Crippen MR) is 69.8 cm³/mol. The van der Waals surface area contributed by atoms with E-state index in [-0.39, 0.29) is 24.0 Å². The monoisotopic (exact) mass is 260 g/mol. The number of para-hydroxylation sites is 1. The third-order valence-corrected chi connectivity index (χ3v) is 3.39. The van der Waals surface area contributed by atoms with E-state index >= 15 is 0 Å². The number of amides is 2. The van der Waals surface area contributed by atoms with Gasteiger partial charge >= 0.3 is 6.09 Å². The smallest absolute Gasteiger partial charge is 0.414 e. The van der Waals surface area contributed by atoms with Gasteiger partial charge in [0.15, 0.2) is 0 Å². The number of carbonyl (C=O) groups is 2. The summed E-state index contributed by atoms with van der Waals surface area (Å²) < 4.78 is 5.25. The number of benzene rings is 1. The Kier molecular flexibility index (Phi) is 3.11. The summed E-state index contributed by atoms with van der Waals surface area (Å²) in [4.78, 5) is 24.9. The molecule has 0 unspecified atom stereocenters. The van der Waals surface area contributed by atoms with E-state index in [2.05, 4.69) is 5.32 Å². The summed E-state index contributed by atoms with van der Waals surface area (Å²) in [5.41, 5.74) is 0.823. The van der Waals surface area contributed by atoms with Gasteiger partial charge in [-0.05, 0) is 25.0 Å². The van der Waals surface area contributed by atoms with Gasteiger partial charge in [-0.1, -0.05) is 18.2 Å². The van der Waals surface area contributed by atoms with Crippen molar-refractivity contribution in [3.8, 4) is 0 Å². The summed E-state index contributed by atoms with van der Waals surface area (Å²) in [5, 5.41) is 2.84. The van der Waals surface area contributed by atoms with Gasteiger partial charge in [-0.2, -0.15) is 0 Å². The van der Waals surface area contributed by atoms with Crippen LogP contribution in [-0.4, -0.2) is 31.2 Å². The molecule has 0 spiro atoms. The molecule has 2 amide bonds. The van der Waals surface area contributed by atoms with E-state index in [1.807, 2.05) is 30.3 Å². The quantitative estimate of drug-likeness (QED) is 0.893. The van der Waals surface area contributed by atoms with Crippen LogP contribution in [0.15, 0.2) is 30.3 Å². The molecule has 1 saturated carbocycles. The van der Waals surface area contributed by atoms with Crippen molar-refractivity contribution in [3.05, 3.63) is 30.3 Å². The van der Waals surface area contributed by atoms with Crippen LogP contribution in [0.25, 0.3) is 0 Å². The van der Waals surface area contributed by atoms with Gasteiger partial charge in [-0.25, -0.2) is 4.79 Å². The molecule has 1 aliphatic carbocycles. The molecule has 0 aromatic heterocycles. The third-order valence-electron chi connectivity index (χ3n) is 3.39. The number of carbonyl (C=O) groups excluding carboxylic acids is 2. The van der Waals surface area contributed by atoms with Crippen molar-refractivity contribution in [1.82, 2.24) is 5.32 Å². The highest BCUT2D eigenvalue weighted by Crippen LogP contribution is 2.28. The van der Waals surface area contributed by atoms with Crippen LogP contribution in [0.4, 0.5) is 10.5 Å². The molecule has 1 aromatic rings. The van der Waals surface area contributed by atoms with Gasteiger partial charge in [0.05, 0.1) is 13.1 Å². The molecule has 1 N–H and O–H groups in total. The first-order chi connectivity index (χ1) is 9.24. The van der Waals surface area contributed by atoms with Crippen LogP contribution < -0.4 is 10.2 Å². The van der Waals surface area contributed by atoms with E-state index in [1.54, 1.807) is 4.90 Å². The fourth-order valence-electron chi connectivity index (χ4n) is 2.15. The molecule has 0 bridgehead atoms. The Morgan fingerprint density at radius 3 is 2.74 bits per heavy atom. The van der Waals surface area contributed by atoms with Crippen molar-refractivity contribution < 1.29 is 14.3 Å². The SMILES string of the molecule is O=C(NC[C@H]1CN(c2ccccc2)C(=O)O1)C1CC1. The molecular formula is C14H16N2O3. The fraction of sp³-hybridized carbons (Fsp3) is 0.429. The lowest BCUT2D eigenvalue weighted by atomic mass is 10.2. The fourth-order valence-corrected chi connectivity index (χ4v) is 2.15. The molecule has 19 heavy (non-hydrogen) atoms. The Hall–Kier alpha value is -2.04. The van der Waals surface area contributed by atoms with Crippen molar-refractivity contribution in [3.63, 3.8) is 0 Å². The van der Waals surface area contributed by atoms with Gasteiger partial charge < -0.3 is 10.1 Å². The van der Waals surface area contributed by atoms with Crippen molar-refractivity contribution in [2.45, 2.75) is 18.9 Å². The van der Waals surface area contributed by atoms with Crippen LogP contribution in [0, 0.1) is 5.92 Å². The second kappa shape index (κ2) is 4.91. The molecule has 5 heteroatoms. The van der Waals surface area contributed by atoms with Crippen LogP contribution in [0.3, 0.4) is 0 Å². The van der Waals surface area contributed by atoms with Crippen molar-refractivity contribution in [1.29, 1.82) is 0 Å². The molecule has 5 nitrogen and oxygen atoms in total. The highest BCUT2D eigenvalue weighted by molar-refractivity contribution is 5.89. The minimum atomic E-state index is -0.350. The van der Waals surface area contributed by atoms with Gasteiger partial charge in [-0.15, -0.1) is 0 Å². The van der Waals surface area contributed by atoms with E-state index in [1.165, 1.54) is 0 Å². The molecule has 1 atom stereocenters. The average molecular weight is 260 g/mol. The van der Waals surface area contributed by atoms with Crippen molar-refractivity contribution in [2.75, 3.05) is 18.0 Å². The van der Waals surface area contributed by atoms with Gasteiger partial charge in [0.25, 0.3) is 0 Å². The number of rotatable bonds is 4. The lowest BCUT2D eigenvalue weighted by Crippen LogP contribution is -2.35. The summed E-state index contributed by atoms with van der Waals surface area (Å²) in [6.07, 6.45) is 1.34. The van der Waals surface area contributed by atoms with Crippen molar-refractivity contribution in [2.24, 2.45) is 5.92 Å². The number of nitrogens with one attached hydrogen (secondary N) is 1. The number of cyclic esters (lactones) is 1. The van der Waals surface area contributed by atoms with Gasteiger partial charge in [0, 0.05) is 11.6 Å². The molecule has 1 heterocycles. The number of hydrogen-bond acceptors (Lipinski definition) is 3. The predicted octanol–water partition coefficient (Wildman–Crippen LogP) is 1.54. The first-order valence-corrected chi connectivity index (χ1v) is 6.55. The average Bonchev–Trinajstić information content (AvgIpc) is 3.21. The zero-order valence-electron chi connectivity index (χ0n) is 10.5. The standard InChI is InChI=1S/C14H16N2O3/c17-13(10-6-7-10)15-8-12-9-16(14(18)19-12)11-4-2-1-3-5-11/h1-5,10,12H,6-9H2,(H,15,17)/t12-/m0/s1. The molecule has 1 aromatic carbocycles. The van der Waals surface area contributed by atoms with Gasteiger partial charge in [-0.3, -0.25) is 9.69 Å². The first-order valence-electron chi connectivity index (χ1n) is 6.55. The summed E-state index contributed by atoms with van der Waals surface area (Å²) in [5.74, 6) is 0.261. The Morgan fingerprint density at radius 1 is 1.32 bits per heavy atom. The normalized spacial score (nSPS) is 22.2. The van der Waals surface area contributed by atoms with E-state index < -0.39 is 0 Å². The zero-order chi connectivity index (χ0) is 13.2. The number of ether oxygens (including phenoxy) is 1. The summed E-state index contributed by atoms with van der Waals surface area (Å²) in [7, 11) is 0. The molecule has 1 saturated heterocycles.